The average Bonchev–Trinajstić information content (AvgIpc) is 2.54. The molecule has 0 spiro atoms. The second kappa shape index (κ2) is 7.04. The first-order valence-corrected chi connectivity index (χ1v) is 8.81. The van der Waals surface area contributed by atoms with E-state index in [1.165, 1.54) is 4.90 Å². The highest BCUT2D eigenvalue weighted by atomic mass is 35.5. The number of rotatable bonds is 5. The number of amides is 2. The largest absolute Gasteiger partial charge is 0.481 e. The lowest BCUT2D eigenvalue weighted by Gasteiger charge is -2.40. The second-order valence-corrected chi connectivity index (χ2v) is 7.31. The summed E-state index contributed by atoms with van der Waals surface area (Å²) in [6, 6.07) is 7.32. The summed E-state index contributed by atoms with van der Waals surface area (Å²) in [4.78, 5) is 39.4. The molecule has 1 aliphatic heterocycles. The zero-order chi connectivity index (χ0) is 18.0. The van der Waals surface area contributed by atoms with Gasteiger partial charge in [0, 0.05) is 31.1 Å². The molecule has 134 valence electrons. The predicted molar refractivity (Wildman–Crippen MR) is 92.0 cm³/mol. The van der Waals surface area contributed by atoms with Crippen LogP contribution in [0.25, 0.3) is 0 Å². The monoisotopic (exact) mass is 364 g/mol. The standard InChI is InChI=1S/C18H21ClN2O4/c19-14-4-2-13(3-5-14)11-20-8-9-21(12-16(20)23)15(22)10-18(17(24)25)6-1-7-18/h2-5H,1,6-12H2,(H,24,25). The van der Waals surface area contributed by atoms with Crippen molar-refractivity contribution in [2.45, 2.75) is 32.2 Å². The molecule has 0 radical (unpaired) electrons. The second-order valence-electron chi connectivity index (χ2n) is 6.87. The molecule has 7 heteroatoms. The topological polar surface area (TPSA) is 77.9 Å². The lowest BCUT2D eigenvalue weighted by Crippen LogP contribution is -2.53. The predicted octanol–water partition coefficient (Wildman–Crippen LogP) is 2.16. The van der Waals surface area contributed by atoms with Crippen molar-refractivity contribution < 1.29 is 19.5 Å². The average molecular weight is 365 g/mol. The maximum Gasteiger partial charge on any atom is 0.310 e. The van der Waals surface area contributed by atoms with E-state index in [1.807, 2.05) is 12.1 Å². The van der Waals surface area contributed by atoms with Crippen molar-refractivity contribution in [3.05, 3.63) is 34.9 Å². The number of carbonyl (C=O) groups is 3. The van der Waals surface area contributed by atoms with Crippen LogP contribution in [0.2, 0.25) is 5.02 Å². The van der Waals surface area contributed by atoms with Crippen molar-refractivity contribution in [3.63, 3.8) is 0 Å². The summed E-state index contributed by atoms with van der Waals surface area (Å²) >= 11 is 5.86. The van der Waals surface area contributed by atoms with Crippen LogP contribution in [0, 0.1) is 5.41 Å². The number of halogens is 1. The van der Waals surface area contributed by atoms with Crippen LogP contribution in [-0.4, -0.2) is 52.3 Å². The Morgan fingerprint density at radius 2 is 1.84 bits per heavy atom. The molecule has 1 saturated heterocycles. The zero-order valence-electron chi connectivity index (χ0n) is 13.9. The molecule has 2 aliphatic rings. The van der Waals surface area contributed by atoms with Crippen molar-refractivity contribution in [3.8, 4) is 0 Å². The number of carboxylic acid groups (broad SMARTS) is 1. The molecular weight excluding hydrogens is 344 g/mol. The van der Waals surface area contributed by atoms with E-state index in [2.05, 4.69) is 0 Å². The summed E-state index contributed by atoms with van der Waals surface area (Å²) in [5.74, 6) is -1.26. The first-order chi connectivity index (χ1) is 11.9. The van der Waals surface area contributed by atoms with Gasteiger partial charge in [0.2, 0.25) is 11.8 Å². The van der Waals surface area contributed by atoms with Gasteiger partial charge in [-0.1, -0.05) is 30.2 Å². The van der Waals surface area contributed by atoms with Crippen molar-refractivity contribution >= 4 is 29.4 Å². The third-order valence-electron chi connectivity index (χ3n) is 5.21. The normalized spacial score (nSPS) is 19.5. The quantitative estimate of drug-likeness (QED) is 0.868. The van der Waals surface area contributed by atoms with Gasteiger partial charge in [-0.2, -0.15) is 0 Å². The van der Waals surface area contributed by atoms with E-state index in [4.69, 9.17) is 11.6 Å². The van der Waals surface area contributed by atoms with Gasteiger partial charge < -0.3 is 14.9 Å². The number of carboxylic acids is 1. The molecule has 0 aromatic heterocycles. The molecule has 1 aromatic carbocycles. The van der Waals surface area contributed by atoms with Crippen molar-refractivity contribution in [1.29, 1.82) is 0 Å². The Bertz CT molecular complexity index is 685. The molecule has 25 heavy (non-hydrogen) atoms. The molecule has 6 nitrogen and oxygen atoms in total. The number of carbonyl (C=O) groups excluding carboxylic acids is 2. The molecule has 0 atom stereocenters. The Hall–Kier alpha value is -2.08. The maximum absolute atomic E-state index is 12.4. The first kappa shape index (κ1) is 17.7. The molecule has 2 fully saturated rings. The number of piperazine rings is 1. The van der Waals surface area contributed by atoms with Gasteiger partial charge in [-0.05, 0) is 30.5 Å². The summed E-state index contributed by atoms with van der Waals surface area (Å²) < 4.78 is 0. The van der Waals surface area contributed by atoms with Gasteiger partial charge in [-0.25, -0.2) is 0 Å². The van der Waals surface area contributed by atoms with Crippen LogP contribution >= 0.6 is 11.6 Å². The van der Waals surface area contributed by atoms with Crippen molar-refractivity contribution in [1.82, 2.24) is 9.80 Å². The highest BCUT2D eigenvalue weighted by Crippen LogP contribution is 2.44. The van der Waals surface area contributed by atoms with Crippen molar-refractivity contribution in [2.24, 2.45) is 5.41 Å². The summed E-state index contributed by atoms with van der Waals surface area (Å²) in [5, 5.41) is 10.0. The van der Waals surface area contributed by atoms with E-state index < -0.39 is 11.4 Å². The molecule has 3 rings (SSSR count). The highest BCUT2D eigenvalue weighted by molar-refractivity contribution is 6.30. The molecule has 1 heterocycles. The van der Waals surface area contributed by atoms with E-state index in [9.17, 15) is 19.5 Å². The van der Waals surface area contributed by atoms with E-state index in [-0.39, 0.29) is 24.8 Å². The van der Waals surface area contributed by atoms with Crippen LogP contribution in [0.4, 0.5) is 0 Å². The summed E-state index contributed by atoms with van der Waals surface area (Å²) in [5.41, 5.74) is 0.0671. The van der Waals surface area contributed by atoms with Gasteiger partial charge in [0.05, 0.1) is 12.0 Å². The van der Waals surface area contributed by atoms with Gasteiger partial charge in [0.1, 0.15) is 0 Å². The fraction of sp³-hybridized carbons (Fsp3) is 0.500. The van der Waals surface area contributed by atoms with Crippen LogP contribution in [0.1, 0.15) is 31.2 Å². The lowest BCUT2D eigenvalue weighted by molar-refractivity contribution is -0.160. The molecule has 0 unspecified atom stereocenters. The SMILES string of the molecule is O=C(CC1(C(=O)O)CCC1)N1CCN(Cc2ccc(Cl)cc2)C(=O)C1. The minimum absolute atomic E-state index is 0.00715. The molecular formula is C18H21ClN2O4. The third kappa shape index (κ3) is 3.79. The summed E-state index contributed by atoms with van der Waals surface area (Å²) in [6.07, 6.45) is 1.91. The Labute approximate surface area is 151 Å². The van der Waals surface area contributed by atoms with Crippen LogP contribution in [0.3, 0.4) is 0 Å². The number of benzene rings is 1. The Balaban J connectivity index is 1.56. The molecule has 1 N–H and O–H groups in total. The van der Waals surface area contributed by atoms with Gasteiger partial charge in [-0.3, -0.25) is 14.4 Å². The first-order valence-electron chi connectivity index (χ1n) is 8.43. The molecule has 1 aliphatic carbocycles. The summed E-state index contributed by atoms with van der Waals surface area (Å²) in [6.45, 7) is 1.39. The van der Waals surface area contributed by atoms with E-state index in [0.717, 1.165) is 12.0 Å². The Morgan fingerprint density at radius 3 is 2.36 bits per heavy atom. The van der Waals surface area contributed by atoms with Gasteiger partial charge >= 0.3 is 5.97 Å². The number of nitrogens with zero attached hydrogens (tertiary/aromatic N) is 2. The van der Waals surface area contributed by atoms with E-state index in [1.54, 1.807) is 17.0 Å². The minimum Gasteiger partial charge on any atom is -0.481 e. The number of hydrogen-bond donors (Lipinski definition) is 1. The Morgan fingerprint density at radius 1 is 1.16 bits per heavy atom. The van der Waals surface area contributed by atoms with Crippen LogP contribution in [0.5, 0.6) is 0 Å². The van der Waals surface area contributed by atoms with Gasteiger partial charge in [0.25, 0.3) is 0 Å². The smallest absolute Gasteiger partial charge is 0.310 e. The van der Waals surface area contributed by atoms with Crippen LogP contribution < -0.4 is 0 Å². The molecule has 2 amide bonds. The maximum atomic E-state index is 12.4. The third-order valence-corrected chi connectivity index (χ3v) is 5.46. The molecule has 0 bridgehead atoms. The molecule has 1 aromatic rings. The van der Waals surface area contributed by atoms with Crippen molar-refractivity contribution in [2.75, 3.05) is 19.6 Å². The zero-order valence-corrected chi connectivity index (χ0v) is 14.7. The minimum atomic E-state index is -0.916. The van der Waals surface area contributed by atoms with Gasteiger partial charge in [-0.15, -0.1) is 0 Å². The van der Waals surface area contributed by atoms with Crippen LogP contribution in [-0.2, 0) is 20.9 Å². The highest BCUT2D eigenvalue weighted by Gasteiger charge is 2.47. The Kier molecular flexibility index (Phi) is 4.99. The fourth-order valence-electron chi connectivity index (χ4n) is 3.37. The molecule has 1 saturated carbocycles. The van der Waals surface area contributed by atoms with E-state index in [0.29, 0.717) is 37.5 Å². The number of aliphatic carboxylic acids is 1. The summed E-state index contributed by atoms with van der Waals surface area (Å²) in [7, 11) is 0. The van der Waals surface area contributed by atoms with Crippen LogP contribution in [0.15, 0.2) is 24.3 Å². The fourth-order valence-corrected chi connectivity index (χ4v) is 3.50. The lowest BCUT2D eigenvalue weighted by atomic mass is 9.66. The van der Waals surface area contributed by atoms with Gasteiger partial charge in [0.15, 0.2) is 0 Å². The number of hydrogen-bond acceptors (Lipinski definition) is 3. The van der Waals surface area contributed by atoms with E-state index >= 15 is 0 Å².